The third-order valence-corrected chi connectivity index (χ3v) is 1.52. The SMILES string of the molecule is C[As]CC(=O)O. The zero-order valence-electron chi connectivity index (χ0n) is 3.51. The molecule has 0 fully saturated rings. The Hall–Kier alpha value is 0.0284. The Morgan fingerprint density at radius 1 is 2.00 bits per heavy atom. The average Bonchev–Trinajstić information content (AvgIpc) is 1.35. The van der Waals surface area contributed by atoms with E-state index in [9.17, 15) is 4.79 Å². The molecule has 0 saturated carbocycles. The summed E-state index contributed by atoms with van der Waals surface area (Å²) in [7, 11) is 0. The van der Waals surface area contributed by atoms with Gasteiger partial charge in [0.25, 0.3) is 0 Å². The topological polar surface area (TPSA) is 37.3 Å². The van der Waals surface area contributed by atoms with Crippen molar-refractivity contribution >= 4 is 21.7 Å². The van der Waals surface area contributed by atoms with Crippen molar-refractivity contribution in [3.63, 3.8) is 0 Å². The van der Waals surface area contributed by atoms with E-state index >= 15 is 0 Å². The second kappa shape index (κ2) is 3.23. The molecular formula is C3H6AsO2. The molecular weight excluding hydrogens is 143 g/mol. The summed E-state index contributed by atoms with van der Waals surface area (Å²) in [5.41, 5.74) is 1.94. The number of hydrogen-bond acceptors (Lipinski definition) is 1. The Morgan fingerprint density at radius 2 is 2.50 bits per heavy atom. The number of hydrogen-bond donors (Lipinski definition) is 1. The van der Waals surface area contributed by atoms with E-state index in [4.69, 9.17) is 5.11 Å². The molecule has 0 bridgehead atoms. The van der Waals surface area contributed by atoms with Crippen LogP contribution in [0.1, 0.15) is 0 Å². The molecule has 0 aromatic rings. The molecule has 0 aromatic heterocycles. The van der Waals surface area contributed by atoms with Gasteiger partial charge in [0.15, 0.2) is 0 Å². The van der Waals surface area contributed by atoms with E-state index < -0.39 is 5.97 Å². The number of carboxylic acid groups (broad SMARTS) is 1. The van der Waals surface area contributed by atoms with Gasteiger partial charge in [0.05, 0.1) is 0 Å². The van der Waals surface area contributed by atoms with Crippen LogP contribution in [0.15, 0.2) is 0 Å². The minimum atomic E-state index is -0.669. The van der Waals surface area contributed by atoms with Gasteiger partial charge in [-0.1, -0.05) is 0 Å². The fraction of sp³-hybridized carbons (Fsp3) is 0.667. The van der Waals surface area contributed by atoms with Gasteiger partial charge in [-0.15, -0.1) is 0 Å². The van der Waals surface area contributed by atoms with Crippen molar-refractivity contribution in [3.8, 4) is 0 Å². The summed E-state index contributed by atoms with van der Waals surface area (Å²) in [6, 6.07) is 0. The third-order valence-electron chi connectivity index (χ3n) is 0.293. The van der Waals surface area contributed by atoms with Gasteiger partial charge in [-0.05, 0) is 0 Å². The minimum absolute atomic E-state index is 0.0804. The number of carbonyl (C=O) groups is 1. The summed E-state index contributed by atoms with van der Waals surface area (Å²) >= 11 is 0.0804. The van der Waals surface area contributed by atoms with Crippen LogP contribution in [0.5, 0.6) is 0 Å². The monoisotopic (exact) mass is 149 g/mol. The normalized spacial score (nSPS) is 10.2. The Labute approximate surface area is 43.2 Å². The average molecular weight is 149 g/mol. The molecule has 0 heterocycles. The summed E-state index contributed by atoms with van der Waals surface area (Å²) in [6.07, 6.45) is 0. The predicted molar refractivity (Wildman–Crippen MR) is 24.1 cm³/mol. The van der Waals surface area contributed by atoms with E-state index in [2.05, 4.69) is 0 Å². The van der Waals surface area contributed by atoms with Crippen LogP contribution in [0.4, 0.5) is 0 Å². The summed E-state index contributed by atoms with van der Waals surface area (Å²) in [5.74, 6) is -0.669. The van der Waals surface area contributed by atoms with Gasteiger partial charge in [0.1, 0.15) is 0 Å². The molecule has 0 saturated heterocycles. The first-order valence-corrected chi connectivity index (χ1v) is 4.75. The standard InChI is InChI=1S/C3H6AsO2/c1-4-2-3(5)6/h2H2,1H3,(H,5,6). The van der Waals surface area contributed by atoms with Crippen molar-refractivity contribution in [2.45, 2.75) is 10.9 Å². The number of aliphatic carboxylic acids is 1. The molecule has 35 valence electrons. The van der Waals surface area contributed by atoms with Crippen LogP contribution >= 0.6 is 0 Å². The van der Waals surface area contributed by atoms with Crippen molar-refractivity contribution in [2.24, 2.45) is 0 Å². The first kappa shape index (κ1) is 6.03. The maximum atomic E-state index is 9.62. The Bertz CT molecular complexity index is 52.8. The molecule has 0 atom stereocenters. The first-order chi connectivity index (χ1) is 2.77. The molecule has 0 aliphatic carbocycles. The van der Waals surface area contributed by atoms with Crippen LogP contribution in [-0.2, 0) is 4.79 Å². The first-order valence-electron chi connectivity index (χ1n) is 1.54. The van der Waals surface area contributed by atoms with Gasteiger partial charge in [-0.25, -0.2) is 0 Å². The third kappa shape index (κ3) is 4.03. The van der Waals surface area contributed by atoms with Gasteiger partial charge in [-0.2, -0.15) is 0 Å². The van der Waals surface area contributed by atoms with Crippen molar-refractivity contribution in [2.75, 3.05) is 0 Å². The molecule has 6 heavy (non-hydrogen) atoms. The van der Waals surface area contributed by atoms with Crippen LogP contribution in [0.2, 0.25) is 10.9 Å². The van der Waals surface area contributed by atoms with E-state index in [-0.39, 0.29) is 15.8 Å². The summed E-state index contributed by atoms with van der Waals surface area (Å²) in [5, 5.41) is 8.32. The molecule has 0 rings (SSSR count). The van der Waals surface area contributed by atoms with E-state index in [0.717, 1.165) is 0 Å². The van der Waals surface area contributed by atoms with E-state index in [0.29, 0.717) is 5.21 Å². The quantitative estimate of drug-likeness (QED) is 0.571. The number of carboxylic acids is 1. The number of rotatable bonds is 2. The second-order valence-corrected chi connectivity index (χ2v) is 2.86. The zero-order valence-corrected chi connectivity index (χ0v) is 5.39. The van der Waals surface area contributed by atoms with Gasteiger partial charge in [0.2, 0.25) is 0 Å². The molecule has 3 heteroatoms. The molecule has 1 radical (unpaired) electrons. The van der Waals surface area contributed by atoms with Gasteiger partial charge < -0.3 is 0 Å². The summed E-state index contributed by atoms with van der Waals surface area (Å²) in [6.45, 7) is 0. The van der Waals surface area contributed by atoms with Crippen LogP contribution in [-0.4, -0.2) is 26.8 Å². The molecule has 0 spiro atoms. The second-order valence-electron chi connectivity index (χ2n) is 0.868. The van der Waals surface area contributed by atoms with Crippen LogP contribution in [0, 0.1) is 0 Å². The van der Waals surface area contributed by atoms with Crippen LogP contribution in [0.25, 0.3) is 0 Å². The summed E-state index contributed by atoms with van der Waals surface area (Å²) < 4.78 is 0. The van der Waals surface area contributed by atoms with Gasteiger partial charge in [0, 0.05) is 0 Å². The molecule has 0 aliphatic heterocycles. The zero-order chi connectivity index (χ0) is 4.99. The fourth-order valence-electron chi connectivity index (χ4n) is 0.135. The van der Waals surface area contributed by atoms with E-state index in [1.165, 1.54) is 0 Å². The van der Waals surface area contributed by atoms with Crippen molar-refractivity contribution in [1.29, 1.82) is 0 Å². The van der Waals surface area contributed by atoms with Crippen molar-refractivity contribution < 1.29 is 9.90 Å². The molecule has 0 aliphatic rings. The van der Waals surface area contributed by atoms with Crippen LogP contribution < -0.4 is 0 Å². The molecule has 0 aromatic carbocycles. The Balaban J connectivity index is 2.83. The predicted octanol–water partition coefficient (Wildman–Crippen LogP) is 0.242. The maximum absolute atomic E-state index is 9.62. The molecule has 0 amide bonds. The summed E-state index contributed by atoms with van der Waals surface area (Å²) in [4.78, 5) is 9.62. The molecule has 1 N–H and O–H groups in total. The van der Waals surface area contributed by atoms with Gasteiger partial charge >= 0.3 is 42.5 Å². The molecule has 2 nitrogen and oxygen atoms in total. The Morgan fingerprint density at radius 3 is 2.50 bits per heavy atom. The Kier molecular flexibility index (Phi) is 3.24. The van der Waals surface area contributed by atoms with Gasteiger partial charge in [-0.3, -0.25) is 0 Å². The fourth-order valence-corrected chi connectivity index (χ4v) is 0.703. The molecule has 0 unspecified atom stereocenters. The van der Waals surface area contributed by atoms with E-state index in [1.807, 2.05) is 5.71 Å². The van der Waals surface area contributed by atoms with E-state index in [1.54, 1.807) is 0 Å². The van der Waals surface area contributed by atoms with Crippen molar-refractivity contribution in [3.05, 3.63) is 0 Å². The van der Waals surface area contributed by atoms with Crippen LogP contribution in [0.3, 0.4) is 0 Å². The van der Waals surface area contributed by atoms with Crippen molar-refractivity contribution in [1.82, 2.24) is 0 Å².